The van der Waals surface area contributed by atoms with Crippen LogP contribution >= 0.6 is 15.9 Å². The minimum atomic E-state index is 0.695. The molecule has 0 fully saturated rings. The van der Waals surface area contributed by atoms with Crippen LogP contribution in [0.5, 0.6) is 11.5 Å². The van der Waals surface area contributed by atoms with Crippen molar-refractivity contribution in [2.75, 3.05) is 14.2 Å². The number of hydrogen-bond donors (Lipinski definition) is 0. The monoisotopic (exact) mass is 383 g/mol. The number of hydrogen-bond acceptors (Lipinski definition) is 3. The normalized spacial score (nSPS) is 11.2. The zero-order valence-corrected chi connectivity index (χ0v) is 15.4. The second-order valence-corrected chi connectivity index (χ2v) is 6.35. The maximum absolute atomic E-state index is 5.36. The topological polar surface area (TPSA) is 31.4 Å². The molecule has 0 bridgehead atoms. The van der Waals surface area contributed by atoms with Gasteiger partial charge in [-0.1, -0.05) is 39.7 Å². The first-order chi connectivity index (χ1) is 11.6. The number of halogens is 1. The highest BCUT2D eigenvalue weighted by molar-refractivity contribution is 9.10. The van der Waals surface area contributed by atoms with Crippen LogP contribution in [0.15, 0.2) is 46.9 Å². The molecular formula is C20H18BrNO2. The summed E-state index contributed by atoms with van der Waals surface area (Å²) < 4.78 is 11.6. The van der Waals surface area contributed by atoms with Gasteiger partial charge in [-0.2, -0.15) is 0 Å². The van der Waals surface area contributed by atoms with Crippen LogP contribution in [-0.4, -0.2) is 19.2 Å². The van der Waals surface area contributed by atoms with E-state index in [-0.39, 0.29) is 0 Å². The summed E-state index contributed by atoms with van der Waals surface area (Å²) in [6, 6.07) is 14.2. The van der Waals surface area contributed by atoms with E-state index >= 15 is 0 Å². The van der Waals surface area contributed by atoms with E-state index in [2.05, 4.69) is 46.0 Å². The summed E-state index contributed by atoms with van der Waals surface area (Å²) in [6.07, 6.45) is 4.00. The third-order valence-electron chi connectivity index (χ3n) is 3.80. The molecule has 0 aliphatic rings. The van der Waals surface area contributed by atoms with Gasteiger partial charge in [0.25, 0.3) is 0 Å². The van der Waals surface area contributed by atoms with Gasteiger partial charge in [-0.05, 0) is 48.9 Å². The first-order valence-corrected chi connectivity index (χ1v) is 8.37. The lowest BCUT2D eigenvalue weighted by Crippen LogP contribution is -1.91. The quantitative estimate of drug-likeness (QED) is 0.596. The Kier molecular flexibility index (Phi) is 4.86. The van der Waals surface area contributed by atoms with Gasteiger partial charge in [0.15, 0.2) is 11.5 Å². The first-order valence-electron chi connectivity index (χ1n) is 7.58. The van der Waals surface area contributed by atoms with Gasteiger partial charge in [-0.3, -0.25) is 0 Å². The third kappa shape index (κ3) is 3.44. The SMILES string of the molecule is COc1cc(Br)c(/C=C/c2ccc3cc(C)ccc3n2)cc1OC. The Morgan fingerprint density at radius 2 is 1.67 bits per heavy atom. The van der Waals surface area contributed by atoms with Crippen LogP contribution in [0.3, 0.4) is 0 Å². The highest BCUT2D eigenvalue weighted by Gasteiger charge is 2.07. The van der Waals surface area contributed by atoms with Crippen molar-refractivity contribution in [3.8, 4) is 11.5 Å². The number of pyridine rings is 1. The van der Waals surface area contributed by atoms with Gasteiger partial charge in [-0.15, -0.1) is 0 Å². The highest BCUT2D eigenvalue weighted by atomic mass is 79.9. The lowest BCUT2D eigenvalue weighted by molar-refractivity contribution is 0.354. The molecule has 0 saturated carbocycles. The minimum absolute atomic E-state index is 0.695. The van der Waals surface area contributed by atoms with Gasteiger partial charge in [-0.25, -0.2) is 4.98 Å². The largest absolute Gasteiger partial charge is 0.493 e. The fourth-order valence-corrected chi connectivity index (χ4v) is 2.98. The fraction of sp³-hybridized carbons (Fsp3) is 0.150. The molecule has 0 spiro atoms. The van der Waals surface area contributed by atoms with Crippen LogP contribution in [0.2, 0.25) is 0 Å². The van der Waals surface area contributed by atoms with E-state index in [1.807, 2.05) is 36.4 Å². The number of ether oxygens (including phenoxy) is 2. The number of aromatic nitrogens is 1. The molecule has 4 heteroatoms. The van der Waals surface area contributed by atoms with Crippen molar-refractivity contribution in [1.29, 1.82) is 0 Å². The summed E-state index contributed by atoms with van der Waals surface area (Å²) in [5.41, 5.74) is 4.14. The number of aryl methyl sites for hydroxylation is 1. The predicted octanol–water partition coefficient (Wildman–Crippen LogP) is 5.49. The molecule has 1 aromatic heterocycles. The lowest BCUT2D eigenvalue weighted by atomic mass is 10.1. The van der Waals surface area contributed by atoms with E-state index in [4.69, 9.17) is 9.47 Å². The maximum Gasteiger partial charge on any atom is 0.161 e. The Bertz CT molecular complexity index is 919. The summed E-state index contributed by atoms with van der Waals surface area (Å²) in [7, 11) is 3.26. The van der Waals surface area contributed by atoms with Gasteiger partial charge in [0.2, 0.25) is 0 Å². The number of methoxy groups -OCH3 is 2. The molecule has 0 N–H and O–H groups in total. The summed E-state index contributed by atoms with van der Waals surface area (Å²) in [6.45, 7) is 2.09. The van der Waals surface area contributed by atoms with Crippen molar-refractivity contribution in [3.63, 3.8) is 0 Å². The molecular weight excluding hydrogens is 366 g/mol. The van der Waals surface area contributed by atoms with Crippen molar-refractivity contribution in [3.05, 3.63) is 63.8 Å². The van der Waals surface area contributed by atoms with Crippen molar-refractivity contribution in [1.82, 2.24) is 4.98 Å². The van der Waals surface area contributed by atoms with E-state index < -0.39 is 0 Å². The molecule has 1 heterocycles. The van der Waals surface area contributed by atoms with Crippen LogP contribution in [0, 0.1) is 6.92 Å². The third-order valence-corrected chi connectivity index (χ3v) is 4.49. The van der Waals surface area contributed by atoms with Crippen LogP contribution in [0.1, 0.15) is 16.8 Å². The average molecular weight is 384 g/mol. The van der Waals surface area contributed by atoms with Crippen molar-refractivity contribution in [2.24, 2.45) is 0 Å². The Morgan fingerprint density at radius 1 is 0.917 bits per heavy atom. The number of fused-ring (bicyclic) bond motifs is 1. The molecule has 0 aliphatic carbocycles. The van der Waals surface area contributed by atoms with Gasteiger partial charge in [0, 0.05) is 9.86 Å². The zero-order chi connectivity index (χ0) is 17.1. The second-order valence-electron chi connectivity index (χ2n) is 5.49. The van der Waals surface area contributed by atoms with Crippen molar-refractivity contribution < 1.29 is 9.47 Å². The summed E-state index contributed by atoms with van der Waals surface area (Å²) in [5.74, 6) is 1.39. The first kappa shape index (κ1) is 16.5. The van der Waals surface area contributed by atoms with Crippen molar-refractivity contribution >= 4 is 39.0 Å². The fourth-order valence-electron chi connectivity index (χ4n) is 2.53. The molecule has 3 rings (SSSR count). The molecule has 0 unspecified atom stereocenters. The van der Waals surface area contributed by atoms with E-state index in [9.17, 15) is 0 Å². The predicted molar refractivity (Wildman–Crippen MR) is 103 cm³/mol. The standard InChI is InChI=1S/C20H18BrNO2/c1-13-4-9-18-15(10-13)6-8-16(22-18)7-5-14-11-19(23-2)20(24-3)12-17(14)21/h4-12H,1-3H3/b7-5+. The summed E-state index contributed by atoms with van der Waals surface area (Å²) >= 11 is 3.57. The number of benzene rings is 2. The molecule has 0 atom stereocenters. The average Bonchev–Trinajstić information content (AvgIpc) is 2.60. The van der Waals surface area contributed by atoms with Crippen molar-refractivity contribution in [2.45, 2.75) is 6.92 Å². The molecule has 24 heavy (non-hydrogen) atoms. The van der Waals surface area contributed by atoms with E-state index in [0.717, 1.165) is 26.6 Å². The van der Waals surface area contributed by atoms with Crippen LogP contribution in [0.25, 0.3) is 23.1 Å². The zero-order valence-electron chi connectivity index (χ0n) is 13.8. The van der Waals surface area contributed by atoms with Gasteiger partial charge >= 0.3 is 0 Å². The van der Waals surface area contributed by atoms with Gasteiger partial charge in [0.05, 0.1) is 25.4 Å². The van der Waals surface area contributed by atoms with Gasteiger partial charge < -0.3 is 9.47 Å². The van der Waals surface area contributed by atoms with E-state index in [1.54, 1.807) is 14.2 Å². The molecule has 0 amide bonds. The minimum Gasteiger partial charge on any atom is -0.493 e. The summed E-state index contributed by atoms with van der Waals surface area (Å²) in [5, 5.41) is 1.15. The molecule has 3 nitrogen and oxygen atoms in total. The second kappa shape index (κ2) is 7.05. The highest BCUT2D eigenvalue weighted by Crippen LogP contribution is 2.34. The summed E-state index contributed by atoms with van der Waals surface area (Å²) in [4.78, 5) is 4.68. The van der Waals surface area contributed by atoms with E-state index in [1.165, 1.54) is 5.56 Å². The Morgan fingerprint density at radius 3 is 2.42 bits per heavy atom. The van der Waals surface area contributed by atoms with Gasteiger partial charge in [0.1, 0.15) is 0 Å². The van der Waals surface area contributed by atoms with Crippen LogP contribution in [-0.2, 0) is 0 Å². The Hall–Kier alpha value is -2.33. The molecule has 2 aromatic carbocycles. The molecule has 0 saturated heterocycles. The molecule has 0 aliphatic heterocycles. The molecule has 122 valence electrons. The van der Waals surface area contributed by atoms with E-state index in [0.29, 0.717) is 11.5 Å². The van der Waals surface area contributed by atoms with Crippen LogP contribution < -0.4 is 9.47 Å². The Balaban J connectivity index is 1.94. The number of nitrogens with zero attached hydrogens (tertiary/aromatic N) is 1. The van der Waals surface area contributed by atoms with Crippen LogP contribution in [0.4, 0.5) is 0 Å². The molecule has 3 aromatic rings. The lowest BCUT2D eigenvalue weighted by Gasteiger charge is -2.09. The molecule has 0 radical (unpaired) electrons. The smallest absolute Gasteiger partial charge is 0.161 e. The Labute approximate surface area is 150 Å². The number of rotatable bonds is 4. The maximum atomic E-state index is 5.36.